The molecule has 0 saturated carbocycles. The number of imidazole rings is 1. The largest absolute Gasteiger partial charge is 0.294 e. The lowest BCUT2D eigenvalue weighted by atomic mass is 10.2. The summed E-state index contributed by atoms with van der Waals surface area (Å²) in [6.45, 7) is 0. The number of nitrogens with zero attached hydrogens (tertiary/aromatic N) is 2. The maximum atomic E-state index is 13.2. The quantitative estimate of drug-likeness (QED) is 0.652. The van der Waals surface area contributed by atoms with Crippen molar-refractivity contribution in [3.8, 4) is 11.3 Å². The van der Waals surface area contributed by atoms with Crippen molar-refractivity contribution in [3.05, 3.63) is 45.8 Å². The molecule has 0 saturated heterocycles. The van der Waals surface area contributed by atoms with Crippen LogP contribution in [0.1, 0.15) is 17.0 Å². The molecular formula is C14H10ClFN2S. The number of fused-ring (bicyclic) bond motifs is 3. The zero-order valence-electron chi connectivity index (χ0n) is 9.99. The van der Waals surface area contributed by atoms with Gasteiger partial charge in [-0.3, -0.25) is 4.40 Å². The molecule has 96 valence electrons. The summed E-state index contributed by atoms with van der Waals surface area (Å²) in [6.07, 6.45) is 5.54. The second-order valence-corrected chi connectivity index (χ2v) is 6.20. The second kappa shape index (κ2) is 4.05. The fourth-order valence-electron chi connectivity index (χ4n) is 2.60. The van der Waals surface area contributed by atoms with Gasteiger partial charge in [-0.1, -0.05) is 11.6 Å². The van der Waals surface area contributed by atoms with Crippen molar-refractivity contribution in [2.45, 2.75) is 19.3 Å². The lowest BCUT2D eigenvalue weighted by Gasteiger charge is -1.98. The monoisotopic (exact) mass is 292 g/mol. The maximum Gasteiger partial charge on any atom is 0.194 e. The van der Waals surface area contributed by atoms with Gasteiger partial charge in [0.2, 0.25) is 0 Å². The molecule has 2 aromatic heterocycles. The average Bonchev–Trinajstić information content (AvgIpc) is 3.03. The van der Waals surface area contributed by atoms with Crippen molar-refractivity contribution in [2.75, 3.05) is 0 Å². The Kier molecular flexibility index (Phi) is 2.44. The van der Waals surface area contributed by atoms with Gasteiger partial charge in [-0.05, 0) is 37.5 Å². The molecule has 0 amide bonds. The summed E-state index contributed by atoms with van der Waals surface area (Å²) in [5, 5.41) is 0.138. The first kappa shape index (κ1) is 11.4. The number of aromatic nitrogens is 2. The molecule has 2 nitrogen and oxygen atoms in total. The van der Waals surface area contributed by atoms with Crippen LogP contribution >= 0.6 is 22.9 Å². The standard InChI is InChI=1S/C14H10ClFN2S/c15-9-6-8(4-5-10(9)16)11-7-18-12-2-1-3-13(12)19-14(18)17-11/h4-7H,1-3H2. The van der Waals surface area contributed by atoms with Gasteiger partial charge in [-0.25, -0.2) is 9.37 Å². The molecule has 4 rings (SSSR count). The van der Waals surface area contributed by atoms with Gasteiger partial charge in [-0.15, -0.1) is 11.3 Å². The molecule has 0 N–H and O–H groups in total. The van der Waals surface area contributed by atoms with E-state index in [0.29, 0.717) is 0 Å². The molecule has 2 heterocycles. The molecule has 0 aliphatic heterocycles. The van der Waals surface area contributed by atoms with Crippen LogP contribution in [0.3, 0.4) is 0 Å². The van der Waals surface area contributed by atoms with Crippen molar-refractivity contribution >= 4 is 27.9 Å². The molecule has 1 aliphatic carbocycles. The van der Waals surface area contributed by atoms with Crippen LogP contribution < -0.4 is 0 Å². The number of thiazole rings is 1. The third-order valence-electron chi connectivity index (χ3n) is 3.53. The minimum Gasteiger partial charge on any atom is -0.294 e. The summed E-state index contributed by atoms with van der Waals surface area (Å²) in [7, 11) is 0. The van der Waals surface area contributed by atoms with Gasteiger partial charge in [0.05, 0.1) is 10.7 Å². The highest BCUT2D eigenvalue weighted by Crippen LogP contribution is 2.33. The molecule has 19 heavy (non-hydrogen) atoms. The normalized spacial score (nSPS) is 14.2. The maximum absolute atomic E-state index is 13.2. The first-order valence-corrected chi connectivity index (χ1v) is 7.37. The SMILES string of the molecule is Fc1ccc(-c2cn3c4c(sc3n2)CCC4)cc1Cl. The smallest absolute Gasteiger partial charge is 0.194 e. The number of halogens is 2. The average molecular weight is 293 g/mol. The molecule has 0 fully saturated rings. The van der Waals surface area contributed by atoms with Gasteiger partial charge in [0, 0.05) is 22.3 Å². The highest BCUT2D eigenvalue weighted by atomic mass is 35.5. The zero-order valence-corrected chi connectivity index (χ0v) is 11.6. The topological polar surface area (TPSA) is 17.3 Å². The van der Waals surface area contributed by atoms with Crippen LogP contribution in [0, 0.1) is 5.82 Å². The van der Waals surface area contributed by atoms with Crippen LogP contribution in [0.4, 0.5) is 4.39 Å². The van der Waals surface area contributed by atoms with Gasteiger partial charge in [0.1, 0.15) is 5.82 Å². The lowest BCUT2D eigenvalue weighted by Crippen LogP contribution is -1.85. The number of benzene rings is 1. The van der Waals surface area contributed by atoms with Crippen molar-refractivity contribution in [1.82, 2.24) is 9.38 Å². The Morgan fingerprint density at radius 1 is 1.32 bits per heavy atom. The number of rotatable bonds is 1. The van der Waals surface area contributed by atoms with Crippen molar-refractivity contribution in [3.63, 3.8) is 0 Å². The minimum absolute atomic E-state index is 0.138. The molecule has 0 radical (unpaired) electrons. The van der Waals surface area contributed by atoms with Crippen molar-refractivity contribution in [1.29, 1.82) is 0 Å². The molecule has 3 aromatic rings. The summed E-state index contributed by atoms with van der Waals surface area (Å²) in [6, 6.07) is 4.73. The van der Waals surface area contributed by atoms with Crippen LogP contribution in [0.5, 0.6) is 0 Å². The van der Waals surface area contributed by atoms with E-state index in [-0.39, 0.29) is 5.02 Å². The molecule has 0 atom stereocenters. The van der Waals surface area contributed by atoms with Crippen molar-refractivity contribution < 1.29 is 4.39 Å². The van der Waals surface area contributed by atoms with E-state index in [1.807, 2.05) is 6.20 Å². The van der Waals surface area contributed by atoms with E-state index in [1.165, 1.54) is 29.5 Å². The highest BCUT2D eigenvalue weighted by Gasteiger charge is 2.19. The van der Waals surface area contributed by atoms with Crippen molar-refractivity contribution in [2.24, 2.45) is 0 Å². The molecule has 0 bridgehead atoms. The Balaban J connectivity index is 1.87. The molecule has 5 heteroatoms. The summed E-state index contributed by atoms with van der Waals surface area (Å²) in [5.74, 6) is -0.396. The van der Waals surface area contributed by atoms with E-state index in [4.69, 9.17) is 11.6 Å². The van der Waals surface area contributed by atoms with Gasteiger partial charge in [-0.2, -0.15) is 0 Å². The number of aryl methyl sites for hydroxylation is 2. The Morgan fingerprint density at radius 2 is 2.21 bits per heavy atom. The summed E-state index contributed by atoms with van der Waals surface area (Å²) >= 11 is 7.58. The molecule has 1 aromatic carbocycles. The Morgan fingerprint density at radius 3 is 3.05 bits per heavy atom. The van der Waals surface area contributed by atoms with Crippen LogP contribution in [0.15, 0.2) is 24.4 Å². The van der Waals surface area contributed by atoms with E-state index in [0.717, 1.165) is 22.6 Å². The van der Waals surface area contributed by atoms with Crippen LogP contribution in [0.25, 0.3) is 16.2 Å². The Labute approximate surface area is 118 Å². The predicted molar refractivity (Wildman–Crippen MR) is 75.5 cm³/mol. The lowest BCUT2D eigenvalue weighted by molar-refractivity contribution is 0.628. The fourth-order valence-corrected chi connectivity index (χ4v) is 3.97. The summed E-state index contributed by atoms with van der Waals surface area (Å²) < 4.78 is 15.3. The minimum atomic E-state index is -0.396. The Bertz CT molecular complexity index is 790. The number of hydrogen-bond acceptors (Lipinski definition) is 2. The third-order valence-corrected chi connectivity index (χ3v) is 4.98. The van der Waals surface area contributed by atoms with Gasteiger partial charge >= 0.3 is 0 Å². The second-order valence-electron chi connectivity index (χ2n) is 4.73. The van der Waals surface area contributed by atoms with E-state index < -0.39 is 5.82 Å². The highest BCUT2D eigenvalue weighted by molar-refractivity contribution is 7.17. The van der Waals surface area contributed by atoms with E-state index >= 15 is 0 Å². The molecule has 1 aliphatic rings. The first-order chi connectivity index (χ1) is 9.22. The van der Waals surface area contributed by atoms with Crippen LogP contribution in [-0.2, 0) is 12.8 Å². The third kappa shape index (κ3) is 1.70. The van der Waals surface area contributed by atoms with E-state index in [1.54, 1.807) is 23.5 Å². The Hall–Kier alpha value is -1.39. The van der Waals surface area contributed by atoms with Gasteiger partial charge in [0.25, 0.3) is 0 Å². The van der Waals surface area contributed by atoms with Crippen LogP contribution in [0.2, 0.25) is 5.02 Å². The van der Waals surface area contributed by atoms with E-state index in [9.17, 15) is 4.39 Å². The van der Waals surface area contributed by atoms with Crippen LogP contribution in [-0.4, -0.2) is 9.38 Å². The number of hydrogen-bond donors (Lipinski definition) is 0. The van der Waals surface area contributed by atoms with Gasteiger partial charge < -0.3 is 0 Å². The van der Waals surface area contributed by atoms with E-state index in [2.05, 4.69) is 9.38 Å². The molecule has 0 spiro atoms. The zero-order chi connectivity index (χ0) is 13.0. The van der Waals surface area contributed by atoms with Gasteiger partial charge in [0.15, 0.2) is 4.96 Å². The first-order valence-electron chi connectivity index (χ1n) is 6.17. The summed E-state index contributed by atoms with van der Waals surface area (Å²) in [5.41, 5.74) is 3.09. The predicted octanol–water partition coefficient (Wildman–Crippen LogP) is 4.34. The molecule has 0 unspecified atom stereocenters. The molecular weight excluding hydrogens is 283 g/mol. The fraction of sp³-hybridized carbons (Fsp3) is 0.214. The summed E-state index contributed by atoms with van der Waals surface area (Å²) in [4.78, 5) is 7.08.